The third-order valence-electron chi connectivity index (χ3n) is 3.42. The Morgan fingerprint density at radius 1 is 1.35 bits per heavy atom. The second-order valence-electron chi connectivity index (χ2n) is 4.92. The summed E-state index contributed by atoms with van der Waals surface area (Å²) in [4.78, 5) is 13.3. The van der Waals surface area contributed by atoms with E-state index in [-0.39, 0.29) is 11.9 Å². The minimum absolute atomic E-state index is 0.216. The quantitative estimate of drug-likeness (QED) is 0.807. The number of β-lactam (4-membered cyclic amide) rings is 1. The average molecular weight is 232 g/mol. The van der Waals surface area contributed by atoms with Crippen molar-refractivity contribution in [3.63, 3.8) is 0 Å². The van der Waals surface area contributed by atoms with Crippen LogP contribution in [-0.2, 0) is 4.79 Å². The molecule has 0 aliphatic carbocycles. The Balaban J connectivity index is 2.10. The number of carbonyl (C=O) groups excluding carboxylic acids is 1. The van der Waals surface area contributed by atoms with E-state index in [1.807, 2.05) is 4.90 Å². The SMILES string of the molecule is CC(C)c1ccc(C2CC(=O)N2CCN)cc1. The molecule has 1 saturated heterocycles. The topological polar surface area (TPSA) is 46.3 Å². The summed E-state index contributed by atoms with van der Waals surface area (Å²) in [5.41, 5.74) is 8.07. The van der Waals surface area contributed by atoms with Gasteiger partial charge in [0.1, 0.15) is 0 Å². The second kappa shape index (κ2) is 4.88. The van der Waals surface area contributed by atoms with Gasteiger partial charge in [-0.2, -0.15) is 0 Å². The smallest absolute Gasteiger partial charge is 0.225 e. The van der Waals surface area contributed by atoms with Crippen LogP contribution in [0, 0.1) is 0 Å². The van der Waals surface area contributed by atoms with Gasteiger partial charge in [-0.05, 0) is 17.0 Å². The van der Waals surface area contributed by atoms with Crippen LogP contribution in [0.4, 0.5) is 0 Å². The molecule has 0 radical (unpaired) electrons. The van der Waals surface area contributed by atoms with Crippen molar-refractivity contribution in [1.82, 2.24) is 4.90 Å². The van der Waals surface area contributed by atoms with Crippen molar-refractivity contribution in [2.24, 2.45) is 5.73 Å². The maximum atomic E-state index is 11.4. The molecule has 0 aromatic heterocycles. The highest BCUT2D eigenvalue weighted by Gasteiger charge is 2.36. The van der Waals surface area contributed by atoms with E-state index in [0.717, 1.165) is 0 Å². The van der Waals surface area contributed by atoms with Crippen LogP contribution in [-0.4, -0.2) is 23.9 Å². The number of carbonyl (C=O) groups is 1. The first-order chi connectivity index (χ1) is 8.13. The molecule has 1 aromatic rings. The summed E-state index contributed by atoms with van der Waals surface area (Å²) in [7, 11) is 0. The molecule has 2 N–H and O–H groups in total. The van der Waals surface area contributed by atoms with Gasteiger partial charge in [0, 0.05) is 13.1 Å². The molecule has 2 rings (SSSR count). The molecule has 0 bridgehead atoms. The molecule has 92 valence electrons. The molecule has 1 aromatic carbocycles. The Bertz CT molecular complexity index is 397. The minimum Gasteiger partial charge on any atom is -0.334 e. The van der Waals surface area contributed by atoms with E-state index >= 15 is 0 Å². The van der Waals surface area contributed by atoms with Crippen LogP contribution < -0.4 is 5.73 Å². The molecule has 0 saturated carbocycles. The molecule has 17 heavy (non-hydrogen) atoms. The van der Waals surface area contributed by atoms with Crippen molar-refractivity contribution < 1.29 is 4.79 Å². The van der Waals surface area contributed by atoms with E-state index in [4.69, 9.17) is 5.73 Å². The molecule has 1 fully saturated rings. The van der Waals surface area contributed by atoms with E-state index in [1.165, 1.54) is 11.1 Å². The van der Waals surface area contributed by atoms with Crippen molar-refractivity contribution in [2.45, 2.75) is 32.2 Å². The lowest BCUT2D eigenvalue weighted by Gasteiger charge is -2.40. The van der Waals surface area contributed by atoms with Crippen molar-refractivity contribution in [1.29, 1.82) is 0 Å². The van der Waals surface area contributed by atoms with Gasteiger partial charge in [-0.15, -0.1) is 0 Å². The van der Waals surface area contributed by atoms with Gasteiger partial charge in [0.2, 0.25) is 5.91 Å². The van der Waals surface area contributed by atoms with Gasteiger partial charge in [0.05, 0.1) is 12.5 Å². The summed E-state index contributed by atoms with van der Waals surface area (Å²) in [6.07, 6.45) is 0.626. The summed E-state index contributed by atoms with van der Waals surface area (Å²) in [6, 6.07) is 8.82. The maximum absolute atomic E-state index is 11.4. The Hall–Kier alpha value is -1.35. The highest BCUT2D eigenvalue weighted by molar-refractivity contribution is 5.83. The molecular weight excluding hydrogens is 212 g/mol. The summed E-state index contributed by atoms with van der Waals surface area (Å²) in [6.45, 7) is 5.56. The van der Waals surface area contributed by atoms with Gasteiger partial charge in [0.25, 0.3) is 0 Å². The van der Waals surface area contributed by atoms with Crippen molar-refractivity contribution in [3.05, 3.63) is 35.4 Å². The van der Waals surface area contributed by atoms with Crippen LogP contribution in [0.3, 0.4) is 0 Å². The Labute approximate surface area is 103 Å². The number of rotatable bonds is 4. The Morgan fingerprint density at radius 2 is 2.00 bits per heavy atom. The van der Waals surface area contributed by atoms with Crippen LogP contribution >= 0.6 is 0 Å². The summed E-state index contributed by atoms with van der Waals surface area (Å²) >= 11 is 0. The number of hydrogen-bond acceptors (Lipinski definition) is 2. The molecule has 3 heteroatoms. The van der Waals surface area contributed by atoms with E-state index in [9.17, 15) is 4.79 Å². The van der Waals surface area contributed by atoms with E-state index < -0.39 is 0 Å². The highest BCUT2D eigenvalue weighted by atomic mass is 16.2. The monoisotopic (exact) mass is 232 g/mol. The molecular formula is C14H20N2O. The first kappa shape index (κ1) is 12.1. The highest BCUT2D eigenvalue weighted by Crippen LogP contribution is 2.34. The van der Waals surface area contributed by atoms with Gasteiger partial charge in [-0.3, -0.25) is 4.79 Å². The molecule has 1 unspecified atom stereocenters. The fourth-order valence-electron chi connectivity index (χ4n) is 2.27. The van der Waals surface area contributed by atoms with E-state index in [1.54, 1.807) is 0 Å². The predicted octanol–water partition coefficient (Wildman–Crippen LogP) is 2.04. The maximum Gasteiger partial charge on any atom is 0.225 e. The van der Waals surface area contributed by atoms with Gasteiger partial charge in [0.15, 0.2) is 0 Å². The van der Waals surface area contributed by atoms with Gasteiger partial charge < -0.3 is 10.6 Å². The molecule has 1 amide bonds. The predicted molar refractivity (Wildman–Crippen MR) is 68.7 cm³/mol. The number of hydrogen-bond donors (Lipinski definition) is 1. The third kappa shape index (κ3) is 2.34. The van der Waals surface area contributed by atoms with Crippen molar-refractivity contribution in [2.75, 3.05) is 13.1 Å². The van der Waals surface area contributed by atoms with Crippen LogP contribution in [0.5, 0.6) is 0 Å². The Morgan fingerprint density at radius 3 is 2.47 bits per heavy atom. The van der Waals surface area contributed by atoms with Crippen LogP contribution in [0.1, 0.15) is 43.4 Å². The van der Waals surface area contributed by atoms with E-state index in [0.29, 0.717) is 25.4 Å². The fourth-order valence-corrected chi connectivity index (χ4v) is 2.27. The fraction of sp³-hybridized carbons (Fsp3) is 0.500. The third-order valence-corrected chi connectivity index (χ3v) is 3.42. The summed E-state index contributed by atoms with van der Waals surface area (Å²) in [5, 5.41) is 0. The lowest BCUT2D eigenvalue weighted by molar-refractivity contribution is -0.146. The minimum atomic E-state index is 0.216. The van der Waals surface area contributed by atoms with Gasteiger partial charge >= 0.3 is 0 Å². The second-order valence-corrected chi connectivity index (χ2v) is 4.92. The summed E-state index contributed by atoms with van der Waals surface area (Å²) < 4.78 is 0. The van der Waals surface area contributed by atoms with Crippen molar-refractivity contribution >= 4 is 5.91 Å². The molecule has 0 spiro atoms. The number of nitrogens with zero attached hydrogens (tertiary/aromatic N) is 1. The lowest BCUT2D eigenvalue weighted by atomic mass is 9.92. The van der Waals surface area contributed by atoms with Gasteiger partial charge in [-0.25, -0.2) is 0 Å². The molecule has 1 aliphatic heterocycles. The number of likely N-dealkylation sites (tertiary alicyclic amines) is 1. The average Bonchev–Trinajstić information content (AvgIpc) is 2.33. The number of amides is 1. The zero-order valence-corrected chi connectivity index (χ0v) is 10.5. The van der Waals surface area contributed by atoms with Crippen molar-refractivity contribution in [3.8, 4) is 0 Å². The number of nitrogens with two attached hydrogens (primary N) is 1. The van der Waals surface area contributed by atoms with Crippen LogP contribution in [0.25, 0.3) is 0 Å². The zero-order chi connectivity index (χ0) is 12.4. The first-order valence-electron chi connectivity index (χ1n) is 6.23. The van der Waals surface area contributed by atoms with Crippen LogP contribution in [0.2, 0.25) is 0 Å². The van der Waals surface area contributed by atoms with E-state index in [2.05, 4.69) is 38.1 Å². The van der Waals surface area contributed by atoms with Gasteiger partial charge in [-0.1, -0.05) is 38.1 Å². The molecule has 3 nitrogen and oxygen atoms in total. The largest absolute Gasteiger partial charge is 0.334 e. The standard InChI is InChI=1S/C14H20N2O/c1-10(2)11-3-5-12(6-4-11)13-9-14(17)16(13)8-7-15/h3-6,10,13H,7-9,15H2,1-2H3. The molecule has 1 aliphatic rings. The number of benzene rings is 1. The van der Waals surface area contributed by atoms with Crippen LogP contribution in [0.15, 0.2) is 24.3 Å². The Kier molecular flexibility index (Phi) is 3.48. The molecule has 1 atom stereocenters. The lowest BCUT2D eigenvalue weighted by Crippen LogP contribution is -2.48. The summed E-state index contributed by atoms with van der Waals surface area (Å²) in [5.74, 6) is 0.764. The molecule has 1 heterocycles. The normalized spacial score (nSPS) is 19.6. The first-order valence-corrected chi connectivity index (χ1v) is 6.23. The zero-order valence-electron chi connectivity index (χ0n) is 10.5.